The van der Waals surface area contributed by atoms with Crippen LogP contribution in [0.15, 0.2) is 48.5 Å². The van der Waals surface area contributed by atoms with Gasteiger partial charge in [-0.1, -0.05) is 30.3 Å². The second kappa shape index (κ2) is 8.56. The molecule has 0 aliphatic carbocycles. The summed E-state index contributed by atoms with van der Waals surface area (Å²) in [5.74, 6) is -1.75. The van der Waals surface area contributed by atoms with Crippen molar-refractivity contribution >= 4 is 17.8 Å². The first-order valence-corrected chi connectivity index (χ1v) is 8.92. The quantitative estimate of drug-likeness (QED) is 0.739. The second-order valence-electron chi connectivity index (χ2n) is 6.52. The molecule has 1 aliphatic heterocycles. The van der Waals surface area contributed by atoms with Crippen molar-refractivity contribution in [2.75, 3.05) is 13.7 Å². The monoisotopic (exact) mass is 383 g/mol. The lowest BCUT2D eigenvalue weighted by atomic mass is 10.0. The molecule has 146 valence electrons. The molecule has 1 fully saturated rings. The van der Waals surface area contributed by atoms with Crippen molar-refractivity contribution in [3.8, 4) is 11.5 Å². The molecule has 1 unspecified atom stereocenters. The molecule has 0 aromatic heterocycles. The first-order chi connectivity index (χ1) is 13.5. The fraction of sp³-hybridized carbons (Fsp3) is 0.286. The Morgan fingerprint density at radius 2 is 1.89 bits per heavy atom. The number of carbonyl (C=O) groups excluding carboxylic acids is 2. The summed E-state index contributed by atoms with van der Waals surface area (Å²) in [6.45, 7) is 0.514. The van der Waals surface area contributed by atoms with Gasteiger partial charge in [0.05, 0.1) is 19.4 Å². The van der Waals surface area contributed by atoms with Gasteiger partial charge >= 0.3 is 5.97 Å². The maximum absolute atomic E-state index is 12.8. The van der Waals surface area contributed by atoms with E-state index in [1.54, 1.807) is 18.2 Å². The van der Waals surface area contributed by atoms with Gasteiger partial charge in [-0.15, -0.1) is 0 Å². The van der Waals surface area contributed by atoms with Crippen molar-refractivity contribution in [1.82, 2.24) is 4.90 Å². The molecule has 1 saturated heterocycles. The number of hydrogen-bond acceptors (Lipinski definition) is 5. The van der Waals surface area contributed by atoms with Crippen LogP contribution in [0.4, 0.5) is 0 Å². The molecule has 28 heavy (non-hydrogen) atoms. The van der Waals surface area contributed by atoms with Crippen molar-refractivity contribution in [3.05, 3.63) is 59.7 Å². The van der Waals surface area contributed by atoms with Gasteiger partial charge < -0.3 is 14.6 Å². The Kier molecular flexibility index (Phi) is 5.93. The van der Waals surface area contributed by atoms with E-state index >= 15 is 0 Å². The molecule has 7 heteroatoms. The summed E-state index contributed by atoms with van der Waals surface area (Å²) in [7, 11) is 1.51. The molecule has 0 saturated carbocycles. The van der Waals surface area contributed by atoms with Gasteiger partial charge in [0, 0.05) is 12.1 Å². The third-order valence-electron chi connectivity index (χ3n) is 4.63. The number of aliphatic carboxylic acids is 1. The normalized spacial score (nSPS) is 16.1. The fourth-order valence-electron chi connectivity index (χ4n) is 3.15. The van der Waals surface area contributed by atoms with Gasteiger partial charge in [-0.25, -0.2) is 0 Å². The lowest BCUT2D eigenvalue weighted by molar-refractivity contribution is -0.141. The molecule has 1 atom stereocenters. The lowest BCUT2D eigenvalue weighted by Gasteiger charge is -2.16. The smallest absolute Gasteiger partial charge is 0.304 e. The number of nitrogens with zero attached hydrogens (tertiary/aromatic N) is 1. The highest BCUT2D eigenvalue weighted by molar-refractivity contribution is 6.07. The van der Waals surface area contributed by atoms with Gasteiger partial charge in [0.15, 0.2) is 11.5 Å². The van der Waals surface area contributed by atoms with E-state index in [4.69, 9.17) is 14.6 Å². The highest BCUT2D eigenvalue weighted by Gasteiger charge is 2.37. The van der Waals surface area contributed by atoms with Gasteiger partial charge in [-0.05, 0) is 30.2 Å². The van der Waals surface area contributed by atoms with Gasteiger partial charge in [0.1, 0.15) is 6.61 Å². The first-order valence-electron chi connectivity index (χ1n) is 8.92. The standard InChI is InChI=1S/C21H21NO6/c1-27-17-8-7-15(11-18(17)28-13-14-5-3-2-4-6-14)20(25)22-10-9-16(21(22)26)12-19(23)24/h2-8,11,16H,9-10,12-13H2,1H3,(H,23,24). The Hall–Kier alpha value is -3.35. The van der Waals surface area contributed by atoms with Crippen LogP contribution in [-0.4, -0.2) is 41.4 Å². The number of rotatable bonds is 7. The molecule has 0 spiro atoms. The molecule has 1 N–H and O–H groups in total. The maximum Gasteiger partial charge on any atom is 0.304 e. The van der Waals surface area contributed by atoms with E-state index < -0.39 is 23.7 Å². The van der Waals surface area contributed by atoms with E-state index in [-0.39, 0.29) is 18.5 Å². The van der Waals surface area contributed by atoms with Crippen molar-refractivity contribution in [3.63, 3.8) is 0 Å². The molecule has 3 rings (SSSR count). The number of likely N-dealkylation sites (tertiary alicyclic amines) is 1. The fourth-order valence-corrected chi connectivity index (χ4v) is 3.15. The van der Waals surface area contributed by atoms with Crippen LogP contribution < -0.4 is 9.47 Å². The van der Waals surface area contributed by atoms with Crippen LogP contribution in [0.2, 0.25) is 0 Å². The number of benzene rings is 2. The molecule has 7 nitrogen and oxygen atoms in total. The lowest BCUT2D eigenvalue weighted by Crippen LogP contribution is -2.34. The average molecular weight is 383 g/mol. The van der Waals surface area contributed by atoms with Crippen LogP contribution in [0.3, 0.4) is 0 Å². The Labute approximate surface area is 162 Å². The Morgan fingerprint density at radius 1 is 1.14 bits per heavy atom. The SMILES string of the molecule is COc1ccc(C(=O)N2CCC(CC(=O)O)C2=O)cc1OCc1ccccc1. The summed E-state index contributed by atoms with van der Waals surface area (Å²) in [6.07, 6.45) is 0.0844. The van der Waals surface area contributed by atoms with E-state index in [2.05, 4.69) is 0 Å². The molecular weight excluding hydrogens is 362 g/mol. The van der Waals surface area contributed by atoms with Gasteiger partial charge in [-0.2, -0.15) is 0 Å². The average Bonchev–Trinajstić information content (AvgIpc) is 3.06. The zero-order chi connectivity index (χ0) is 20.1. The minimum Gasteiger partial charge on any atom is -0.493 e. The van der Waals surface area contributed by atoms with E-state index in [0.717, 1.165) is 10.5 Å². The minimum atomic E-state index is -1.05. The number of carboxylic acids is 1. The maximum atomic E-state index is 12.8. The van der Waals surface area contributed by atoms with Crippen LogP contribution in [0.1, 0.15) is 28.8 Å². The Balaban J connectivity index is 1.76. The third kappa shape index (κ3) is 4.31. The predicted octanol–water partition coefficient (Wildman–Crippen LogP) is 2.74. The summed E-state index contributed by atoms with van der Waals surface area (Å²) < 4.78 is 11.1. The van der Waals surface area contributed by atoms with Gasteiger partial charge in [-0.3, -0.25) is 19.3 Å². The van der Waals surface area contributed by atoms with Gasteiger partial charge in [0.2, 0.25) is 5.91 Å². The van der Waals surface area contributed by atoms with Crippen molar-refractivity contribution in [2.24, 2.45) is 5.92 Å². The topological polar surface area (TPSA) is 93.1 Å². The van der Waals surface area contributed by atoms with Crippen LogP contribution >= 0.6 is 0 Å². The summed E-state index contributed by atoms with van der Waals surface area (Å²) >= 11 is 0. The van der Waals surface area contributed by atoms with E-state index in [0.29, 0.717) is 24.5 Å². The number of imide groups is 1. The first kappa shape index (κ1) is 19.4. The Bertz CT molecular complexity index is 880. The van der Waals surface area contributed by atoms with E-state index in [1.165, 1.54) is 7.11 Å². The number of hydrogen-bond donors (Lipinski definition) is 1. The molecule has 0 bridgehead atoms. The van der Waals surface area contributed by atoms with Crippen LogP contribution in [0.5, 0.6) is 11.5 Å². The number of carboxylic acid groups (broad SMARTS) is 1. The summed E-state index contributed by atoms with van der Waals surface area (Å²) in [6, 6.07) is 14.3. The van der Waals surface area contributed by atoms with Gasteiger partial charge in [0.25, 0.3) is 5.91 Å². The Morgan fingerprint density at radius 3 is 2.57 bits per heavy atom. The largest absolute Gasteiger partial charge is 0.493 e. The molecule has 1 aliphatic rings. The predicted molar refractivity (Wildman–Crippen MR) is 100 cm³/mol. The third-order valence-corrected chi connectivity index (χ3v) is 4.63. The van der Waals surface area contributed by atoms with Crippen LogP contribution in [0, 0.1) is 5.92 Å². The van der Waals surface area contributed by atoms with Crippen molar-refractivity contribution < 1.29 is 29.0 Å². The minimum absolute atomic E-state index is 0.210. The zero-order valence-electron chi connectivity index (χ0n) is 15.5. The number of ether oxygens (including phenoxy) is 2. The summed E-state index contributed by atoms with van der Waals surface area (Å²) in [5, 5.41) is 8.89. The second-order valence-corrected chi connectivity index (χ2v) is 6.52. The van der Waals surface area contributed by atoms with Crippen molar-refractivity contribution in [2.45, 2.75) is 19.4 Å². The summed E-state index contributed by atoms with van der Waals surface area (Å²) in [4.78, 5) is 37.1. The molecular formula is C21H21NO6. The van der Waals surface area contributed by atoms with Crippen LogP contribution in [-0.2, 0) is 16.2 Å². The molecule has 1 heterocycles. The number of methoxy groups -OCH3 is 1. The highest BCUT2D eigenvalue weighted by atomic mass is 16.5. The number of amides is 2. The van der Waals surface area contributed by atoms with Crippen molar-refractivity contribution in [1.29, 1.82) is 0 Å². The summed E-state index contributed by atoms with van der Waals surface area (Å²) in [5.41, 5.74) is 1.25. The molecule has 2 amide bonds. The zero-order valence-corrected chi connectivity index (χ0v) is 15.5. The molecule has 2 aromatic carbocycles. The van der Waals surface area contributed by atoms with E-state index in [9.17, 15) is 14.4 Å². The highest BCUT2D eigenvalue weighted by Crippen LogP contribution is 2.30. The molecule has 0 radical (unpaired) electrons. The van der Waals surface area contributed by atoms with Crippen LogP contribution in [0.25, 0.3) is 0 Å². The van der Waals surface area contributed by atoms with E-state index in [1.807, 2.05) is 30.3 Å². The molecule has 2 aromatic rings. The number of carbonyl (C=O) groups is 3.